The SMILES string of the molecule is O=C1C(=O)c2ccccc2C2=C1C=CCCC2. The highest BCUT2D eigenvalue weighted by molar-refractivity contribution is 6.53. The van der Waals surface area contributed by atoms with Crippen LogP contribution >= 0.6 is 0 Å². The Balaban J connectivity index is 2.29. The van der Waals surface area contributed by atoms with Crippen molar-refractivity contribution in [2.75, 3.05) is 0 Å². The molecular formula is C15H12O2. The fourth-order valence-corrected chi connectivity index (χ4v) is 2.51. The van der Waals surface area contributed by atoms with Crippen LogP contribution in [0.5, 0.6) is 0 Å². The van der Waals surface area contributed by atoms with Gasteiger partial charge in [-0.25, -0.2) is 0 Å². The summed E-state index contributed by atoms with van der Waals surface area (Å²) < 4.78 is 0. The molecule has 3 rings (SSSR count). The van der Waals surface area contributed by atoms with Gasteiger partial charge in [0.1, 0.15) is 0 Å². The second-order valence-electron chi connectivity index (χ2n) is 4.39. The molecule has 0 aliphatic heterocycles. The van der Waals surface area contributed by atoms with E-state index in [4.69, 9.17) is 0 Å². The maximum absolute atomic E-state index is 12.0. The van der Waals surface area contributed by atoms with Gasteiger partial charge in [0.25, 0.3) is 0 Å². The van der Waals surface area contributed by atoms with Crippen LogP contribution in [-0.4, -0.2) is 11.6 Å². The third-order valence-corrected chi connectivity index (χ3v) is 3.35. The van der Waals surface area contributed by atoms with Crippen molar-refractivity contribution in [1.82, 2.24) is 0 Å². The van der Waals surface area contributed by atoms with Crippen molar-refractivity contribution >= 4 is 17.1 Å². The molecule has 1 aromatic carbocycles. The number of fused-ring (bicyclic) bond motifs is 2. The summed E-state index contributed by atoms with van der Waals surface area (Å²) in [7, 11) is 0. The van der Waals surface area contributed by atoms with Gasteiger partial charge >= 0.3 is 0 Å². The highest BCUT2D eigenvalue weighted by Gasteiger charge is 2.31. The summed E-state index contributed by atoms with van der Waals surface area (Å²) in [6.45, 7) is 0. The van der Waals surface area contributed by atoms with Crippen LogP contribution in [0.2, 0.25) is 0 Å². The molecule has 1 aromatic rings. The molecule has 0 N–H and O–H groups in total. The van der Waals surface area contributed by atoms with E-state index < -0.39 is 0 Å². The average Bonchev–Trinajstić information content (AvgIpc) is 2.62. The number of rotatable bonds is 0. The smallest absolute Gasteiger partial charge is 0.234 e. The van der Waals surface area contributed by atoms with Crippen molar-refractivity contribution in [2.24, 2.45) is 0 Å². The summed E-state index contributed by atoms with van der Waals surface area (Å²) in [5.74, 6) is -0.720. The summed E-state index contributed by atoms with van der Waals surface area (Å²) >= 11 is 0. The molecule has 0 bridgehead atoms. The largest absolute Gasteiger partial charge is 0.285 e. The molecule has 0 fully saturated rings. The van der Waals surface area contributed by atoms with Crippen molar-refractivity contribution in [3.63, 3.8) is 0 Å². The first-order valence-corrected chi connectivity index (χ1v) is 5.87. The molecular weight excluding hydrogens is 212 g/mol. The first-order chi connectivity index (χ1) is 8.29. The fraction of sp³-hybridized carbons (Fsp3) is 0.200. The molecule has 0 saturated heterocycles. The molecule has 0 amide bonds. The lowest BCUT2D eigenvalue weighted by atomic mass is 9.82. The quantitative estimate of drug-likeness (QED) is 0.635. The van der Waals surface area contributed by atoms with Crippen molar-refractivity contribution < 1.29 is 9.59 Å². The Hall–Kier alpha value is -1.96. The van der Waals surface area contributed by atoms with Crippen molar-refractivity contribution in [3.05, 3.63) is 53.1 Å². The van der Waals surface area contributed by atoms with Gasteiger partial charge in [-0.3, -0.25) is 9.59 Å². The predicted molar refractivity (Wildman–Crippen MR) is 65.7 cm³/mol. The number of benzene rings is 1. The van der Waals surface area contributed by atoms with Crippen molar-refractivity contribution in [2.45, 2.75) is 19.3 Å². The van der Waals surface area contributed by atoms with Crippen LogP contribution in [0.4, 0.5) is 0 Å². The first kappa shape index (κ1) is 10.2. The van der Waals surface area contributed by atoms with E-state index in [0.29, 0.717) is 11.1 Å². The zero-order valence-corrected chi connectivity index (χ0v) is 9.40. The van der Waals surface area contributed by atoms with E-state index in [1.807, 2.05) is 30.4 Å². The molecule has 84 valence electrons. The summed E-state index contributed by atoms with van der Waals surface area (Å²) in [5.41, 5.74) is 3.15. The standard InChI is InChI=1S/C15H12O2/c16-14-12-8-3-1-2-6-10(12)11-7-4-5-9-13(11)15(14)17/h3-5,7-9H,1-2,6H2. The molecule has 0 saturated carbocycles. The van der Waals surface area contributed by atoms with E-state index in [1.165, 1.54) is 0 Å². The Kier molecular flexibility index (Phi) is 2.29. The molecule has 0 aromatic heterocycles. The molecule has 0 heterocycles. The lowest BCUT2D eigenvalue weighted by Gasteiger charge is -2.18. The Morgan fingerprint density at radius 3 is 2.53 bits per heavy atom. The highest BCUT2D eigenvalue weighted by Crippen LogP contribution is 2.35. The number of carbonyl (C=O) groups excluding carboxylic acids is 2. The van der Waals surface area contributed by atoms with E-state index >= 15 is 0 Å². The van der Waals surface area contributed by atoms with Crippen molar-refractivity contribution in [3.8, 4) is 0 Å². The van der Waals surface area contributed by atoms with Crippen molar-refractivity contribution in [1.29, 1.82) is 0 Å². The first-order valence-electron chi connectivity index (χ1n) is 5.87. The number of carbonyl (C=O) groups is 2. The van der Waals surface area contributed by atoms with Gasteiger partial charge in [-0.05, 0) is 30.4 Å². The van der Waals surface area contributed by atoms with Crippen LogP contribution in [-0.2, 0) is 4.79 Å². The number of ketones is 2. The minimum absolute atomic E-state index is 0.350. The molecule has 0 atom stereocenters. The van der Waals surface area contributed by atoms with Crippen LogP contribution in [0.3, 0.4) is 0 Å². The van der Waals surface area contributed by atoms with Gasteiger partial charge in [0, 0.05) is 11.1 Å². The second kappa shape index (κ2) is 3.81. The highest BCUT2D eigenvalue weighted by atomic mass is 16.2. The maximum atomic E-state index is 12.0. The molecule has 2 heteroatoms. The third kappa shape index (κ3) is 1.48. The average molecular weight is 224 g/mol. The molecule has 0 unspecified atom stereocenters. The molecule has 0 spiro atoms. The van der Waals surface area contributed by atoms with Crippen LogP contribution in [0, 0.1) is 0 Å². The molecule has 17 heavy (non-hydrogen) atoms. The lowest BCUT2D eigenvalue weighted by Crippen LogP contribution is -2.22. The molecule has 2 aliphatic carbocycles. The maximum Gasteiger partial charge on any atom is 0.234 e. The Bertz CT molecular complexity index is 576. The molecule has 2 nitrogen and oxygen atoms in total. The van der Waals surface area contributed by atoms with E-state index in [2.05, 4.69) is 0 Å². The van der Waals surface area contributed by atoms with Gasteiger partial charge in [0.2, 0.25) is 11.6 Å². The minimum Gasteiger partial charge on any atom is -0.285 e. The number of hydrogen-bond acceptors (Lipinski definition) is 2. The van der Waals surface area contributed by atoms with E-state index in [-0.39, 0.29) is 11.6 Å². The van der Waals surface area contributed by atoms with Gasteiger partial charge in [-0.2, -0.15) is 0 Å². The second-order valence-corrected chi connectivity index (χ2v) is 4.39. The normalized spacial score (nSPS) is 18.8. The minimum atomic E-state index is -0.370. The van der Waals surface area contributed by atoms with Gasteiger partial charge < -0.3 is 0 Å². The Morgan fingerprint density at radius 1 is 0.941 bits per heavy atom. The predicted octanol–water partition coefficient (Wildman–Crippen LogP) is 2.95. The van der Waals surface area contributed by atoms with E-state index in [0.717, 1.165) is 30.4 Å². The fourth-order valence-electron chi connectivity index (χ4n) is 2.51. The Labute approximate surface area is 99.6 Å². The summed E-state index contributed by atoms with van der Waals surface area (Å²) in [6.07, 6.45) is 6.68. The monoisotopic (exact) mass is 224 g/mol. The zero-order valence-electron chi connectivity index (χ0n) is 9.40. The number of Topliss-reactive ketones (excluding diaryl/α,β-unsaturated/α-hetero) is 2. The van der Waals surface area contributed by atoms with E-state index in [1.54, 1.807) is 6.07 Å². The van der Waals surface area contributed by atoms with Gasteiger partial charge in [0.05, 0.1) is 0 Å². The topological polar surface area (TPSA) is 34.1 Å². The molecule has 2 aliphatic rings. The summed E-state index contributed by atoms with van der Waals surface area (Å²) in [4.78, 5) is 24.0. The number of hydrogen-bond donors (Lipinski definition) is 0. The number of allylic oxidation sites excluding steroid dienone is 4. The lowest BCUT2D eigenvalue weighted by molar-refractivity contribution is -0.111. The third-order valence-electron chi connectivity index (χ3n) is 3.35. The van der Waals surface area contributed by atoms with E-state index in [9.17, 15) is 9.59 Å². The summed E-state index contributed by atoms with van der Waals surface area (Å²) in [5, 5.41) is 0. The Morgan fingerprint density at radius 2 is 1.71 bits per heavy atom. The van der Waals surface area contributed by atoms with Crippen LogP contribution < -0.4 is 0 Å². The molecule has 0 radical (unpaired) electrons. The van der Waals surface area contributed by atoms with Crippen LogP contribution in [0.15, 0.2) is 42.0 Å². The zero-order chi connectivity index (χ0) is 11.8. The van der Waals surface area contributed by atoms with Crippen LogP contribution in [0.25, 0.3) is 5.57 Å². The van der Waals surface area contributed by atoms with Gasteiger partial charge in [-0.1, -0.05) is 36.4 Å². The van der Waals surface area contributed by atoms with Crippen LogP contribution in [0.1, 0.15) is 35.2 Å². The van der Waals surface area contributed by atoms with Gasteiger partial charge in [0.15, 0.2) is 0 Å². The van der Waals surface area contributed by atoms with Gasteiger partial charge in [-0.15, -0.1) is 0 Å². The summed E-state index contributed by atoms with van der Waals surface area (Å²) in [6, 6.07) is 7.41.